The van der Waals surface area contributed by atoms with E-state index in [9.17, 15) is 19.7 Å². The van der Waals surface area contributed by atoms with Crippen LogP contribution in [0.5, 0.6) is 0 Å². The smallest absolute Gasteiger partial charge is 0.285 e. The van der Waals surface area contributed by atoms with Gasteiger partial charge < -0.3 is 14.8 Å². The van der Waals surface area contributed by atoms with Crippen LogP contribution in [0, 0.1) is 10.1 Å². The molecule has 1 aliphatic rings. The molecule has 1 aliphatic heterocycles. The molecule has 1 fully saturated rings. The van der Waals surface area contributed by atoms with Crippen LogP contribution in [0.15, 0.2) is 35.5 Å². The molecule has 1 atom stereocenters. The van der Waals surface area contributed by atoms with Crippen molar-refractivity contribution in [2.45, 2.75) is 12.6 Å². The van der Waals surface area contributed by atoms with E-state index in [-0.39, 0.29) is 36.6 Å². The average Bonchev–Trinajstić information content (AvgIpc) is 3.02. The Morgan fingerprint density at radius 2 is 2.23 bits per heavy atom. The Hall–Kier alpha value is -2.72. The summed E-state index contributed by atoms with van der Waals surface area (Å²) >= 11 is 0. The van der Waals surface area contributed by atoms with Gasteiger partial charge in [-0.15, -0.1) is 12.4 Å². The first-order valence-corrected chi connectivity index (χ1v) is 7.79. The number of carbonyl (C=O) groups is 1. The summed E-state index contributed by atoms with van der Waals surface area (Å²) in [5, 5.41) is 14.1. The summed E-state index contributed by atoms with van der Waals surface area (Å²) in [7, 11) is 1.85. The van der Waals surface area contributed by atoms with E-state index in [0.29, 0.717) is 19.6 Å². The molecule has 2 aromatic rings. The van der Waals surface area contributed by atoms with Crippen molar-refractivity contribution in [1.29, 1.82) is 0 Å². The Morgan fingerprint density at radius 3 is 2.88 bits per heavy atom. The van der Waals surface area contributed by atoms with Crippen molar-refractivity contribution in [2.75, 3.05) is 19.6 Å². The fourth-order valence-electron chi connectivity index (χ4n) is 2.92. The molecule has 3 rings (SSSR count). The topological polar surface area (TPSA) is 115 Å². The molecule has 140 valence electrons. The number of piperazine rings is 1. The molecule has 1 amide bonds. The number of nitrogens with zero attached hydrogens (tertiary/aromatic N) is 5. The monoisotopic (exact) mass is 382 g/mol. The predicted octanol–water partition coefficient (Wildman–Crippen LogP) is 0.0849. The standard InChI is InChI=1S/C15H18N6O4.ClH/c1-18-6-5-17-15(18)12-8-16-4-7-20(12)14(23)10-19-9-11(21(24)25)2-3-13(19)22;/h2-3,5-6,9,12,16H,4,7-8,10H2,1H3;1H. The van der Waals surface area contributed by atoms with Crippen molar-refractivity contribution in [3.8, 4) is 0 Å². The van der Waals surface area contributed by atoms with Crippen molar-refractivity contribution < 1.29 is 9.72 Å². The number of halogens is 1. The number of hydrogen-bond acceptors (Lipinski definition) is 6. The molecular weight excluding hydrogens is 364 g/mol. The van der Waals surface area contributed by atoms with Gasteiger partial charge in [0.05, 0.1) is 11.1 Å². The lowest BCUT2D eigenvalue weighted by Crippen LogP contribution is -2.50. The summed E-state index contributed by atoms with van der Waals surface area (Å²) in [4.78, 5) is 40.9. The van der Waals surface area contributed by atoms with Gasteiger partial charge in [-0.05, 0) is 0 Å². The largest absolute Gasteiger partial charge is 0.336 e. The molecule has 0 saturated carbocycles. The number of nitrogens with one attached hydrogen (secondary N) is 1. The normalized spacial score (nSPS) is 16.8. The van der Waals surface area contributed by atoms with E-state index < -0.39 is 10.5 Å². The molecule has 0 spiro atoms. The highest BCUT2D eigenvalue weighted by molar-refractivity contribution is 5.85. The first kappa shape index (κ1) is 19.6. The first-order chi connectivity index (χ1) is 12.0. The van der Waals surface area contributed by atoms with Crippen LogP contribution in [0.1, 0.15) is 11.9 Å². The Morgan fingerprint density at radius 1 is 1.46 bits per heavy atom. The predicted molar refractivity (Wildman–Crippen MR) is 95.1 cm³/mol. The Labute approximate surface area is 155 Å². The molecule has 11 heteroatoms. The second kappa shape index (κ2) is 8.11. The van der Waals surface area contributed by atoms with Gasteiger partial charge in [0.2, 0.25) is 5.91 Å². The maximum Gasteiger partial charge on any atom is 0.285 e. The lowest BCUT2D eigenvalue weighted by molar-refractivity contribution is -0.385. The highest BCUT2D eigenvalue weighted by Crippen LogP contribution is 2.20. The van der Waals surface area contributed by atoms with E-state index in [0.717, 1.165) is 28.7 Å². The van der Waals surface area contributed by atoms with Gasteiger partial charge in [-0.1, -0.05) is 0 Å². The average molecular weight is 383 g/mol. The number of pyridine rings is 1. The van der Waals surface area contributed by atoms with Gasteiger partial charge >= 0.3 is 0 Å². The zero-order chi connectivity index (χ0) is 18.0. The number of amides is 1. The van der Waals surface area contributed by atoms with Gasteiger partial charge in [0, 0.05) is 51.2 Å². The summed E-state index contributed by atoms with van der Waals surface area (Å²) in [5.41, 5.74) is -0.684. The Balaban J connectivity index is 0.00000243. The molecule has 0 aliphatic carbocycles. The fourth-order valence-corrected chi connectivity index (χ4v) is 2.92. The van der Waals surface area contributed by atoms with Crippen molar-refractivity contribution >= 4 is 24.0 Å². The minimum Gasteiger partial charge on any atom is -0.336 e. The van der Waals surface area contributed by atoms with E-state index in [1.807, 2.05) is 11.6 Å². The first-order valence-electron chi connectivity index (χ1n) is 7.79. The van der Waals surface area contributed by atoms with Crippen molar-refractivity contribution in [1.82, 2.24) is 24.3 Å². The number of rotatable bonds is 4. The van der Waals surface area contributed by atoms with E-state index in [1.54, 1.807) is 17.3 Å². The van der Waals surface area contributed by atoms with Crippen LogP contribution in [0.3, 0.4) is 0 Å². The summed E-state index contributed by atoms with van der Waals surface area (Å²) in [6.45, 7) is 1.42. The third-order valence-electron chi connectivity index (χ3n) is 4.20. The molecule has 0 aromatic carbocycles. The van der Waals surface area contributed by atoms with E-state index in [4.69, 9.17) is 0 Å². The van der Waals surface area contributed by atoms with Crippen LogP contribution in [0.4, 0.5) is 5.69 Å². The molecule has 1 saturated heterocycles. The molecule has 10 nitrogen and oxygen atoms in total. The van der Waals surface area contributed by atoms with E-state index >= 15 is 0 Å². The van der Waals surface area contributed by atoms with Crippen LogP contribution >= 0.6 is 12.4 Å². The lowest BCUT2D eigenvalue weighted by Gasteiger charge is -2.35. The second-order valence-electron chi connectivity index (χ2n) is 5.81. The van der Waals surface area contributed by atoms with Crippen LogP contribution < -0.4 is 10.9 Å². The maximum absolute atomic E-state index is 12.7. The molecular formula is C15H19ClN6O4. The van der Waals surface area contributed by atoms with Gasteiger partial charge in [0.25, 0.3) is 11.2 Å². The number of aromatic nitrogens is 3. The molecule has 3 heterocycles. The Kier molecular flexibility index (Phi) is 6.11. The van der Waals surface area contributed by atoms with Crippen LogP contribution in [-0.4, -0.2) is 49.5 Å². The summed E-state index contributed by atoms with van der Waals surface area (Å²) < 4.78 is 2.91. The minimum absolute atomic E-state index is 0. The summed E-state index contributed by atoms with van der Waals surface area (Å²) in [6, 6.07) is 1.97. The third-order valence-corrected chi connectivity index (χ3v) is 4.20. The SMILES string of the molecule is Cl.Cn1ccnc1C1CNCCN1C(=O)Cn1cc([N+](=O)[O-])ccc1=O. The highest BCUT2D eigenvalue weighted by Gasteiger charge is 2.30. The summed E-state index contributed by atoms with van der Waals surface area (Å²) in [5.74, 6) is 0.462. The van der Waals surface area contributed by atoms with Crippen molar-refractivity contribution in [3.63, 3.8) is 0 Å². The molecule has 1 N–H and O–H groups in total. The van der Waals surface area contributed by atoms with Crippen LogP contribution in [0.2, 0.25) is 0 Å². The second-order valence-corrected chi connectivity index (χ2v) is 5.81. The van der Waals surface area contributed by atoms with Crippen molar-refractivity contribution in [3.05, 3.63) is 57.0 Å². The molecule has 1 unspecified atom stereocenters. The number of carbonyl (C=O) groups excluding carboxylic acids is 1. The van der Waals surface area contributed by atoms with Gasteiger partial charge in [0.1, 0.15) is 18.4 Å². The number of hydrogen-bond donors (Lipinski definition) is 1. The number of imidazole rings is 1. The summed E-state index contributed by atoms with van der Waals surface area (Å²) in [6.07, 6.45) is 4.56. The van der Waals surface area contributed by atoms with Gasteiger partial charge in [0.15, 0.2) is 0 Å². The minimum atomic E-state index is -0.595. The van der Waals surface area contributed by atoms with Gasteiger partial charge in [-0.2, -0.15) is 0 Å². The third kappa shape index (κ3) is 3.92. The zero-order valence-corrected chi connectivity index (χ0v) is 14.9. The molecule has 2 aromatic heterocycles. The van der Waals surface area contributed by atoms with Gasteiger partial charge in [-0.3, -0.25) is 24.3 Å². The van der Waals surface area contributed by atoms with E-state index in [1.165, 1.54) is 0 Å². The number of aryl methyl sites for hydroxylation is 1. The fraction of sp³-hybridized carbons (Fsp3) is 0.400. The Bertz CT molecular complexity index is 864. The molecule has 26 heavy (non-hydrogen) atoms. The maximum atomic E-state index is 12.7. The molecule has 0 radical (unpaired) electrons. The zero-order valence-electron chi connectivity index (χ0n) is 14.1. The highest BCUT2D eigenvalue weighted by atomic mass is 35.5. The van der Waals surface area contributed by atoms with Crippen LogP contribution in [0.25, 0.3) is 0 Å². The molecule has 0 bridgehead atoms. The van der Waals surface area contributed by atoms with Gasteiger partial charge in [-0.25, -0.2) is 4.98 Å². The lowest BCUT2D eigenvalue weighted by atomic mass is 10.1. The number of nitro groups is 1. The van der Waals surface area contributed by atoms with E-state index in [2.05, 4.69) is 10.3 Å². The van der Waals surface area contributed by atoms with Crippen molar-refractivity contribution in [2.24, 2.45) is 7.05 Å². The quantitative estimate of drug-likeness (QED) is 0.591. The van der Waals surface area contributed by atoms with Crippen LogP contribution in [-0.2, 0) is 18.4 Å².